The molecule has 0 aliphatic carbocycles. The van der Waals surface area contributed by atoms with Gasteiger partial charge in [0, 0.05) is 50.5 Å². The lowest BCUT2D eigenvalue weighted by molar-refractivity contribution is 0.172. The van der Waals surface area contributed by atoms with Crippen molar-refractivity contribution < 1.29 is 4.79 Å². The van der Waals surface area contributed by atoms with Crippen molar-refractivity contribution in [2.45, 2.75) is 58.5 Å². The molecular formula is C21H34N4O. The fourth-order valence-electron chi connectivity index (χ4n) is 4.28. The van der Waals surface area contributed by atoms with Crippen molar-refractivity contribution in [2.75, 3.05) is 37.6 Å². The summed E-state index contributed by atoms with van der Waals surface area (Å²) in [5.74, 6) is 0. The van der Waals surface area contributed by atoms with Crippen molar-refractivity contribution in [3.8, 4) is 0 Å². The Morgan fingerprint density at radius 3 is 2.04 bits per heavy atom. The number of rotatable bonds is 4. The van der Waals surface area contributed by atoms with Gasteiger partial charge in [0.15, 0.2) is 0 Å². The highest BCUT2D eigenvalue weighted by Crippen LogP contribution is 2.23. The Hall–Kier alpha value is -1.75. The second kappa shape index (κ2) is 8.76. The molecule has 5 heteroatoms. The van der Waals surface area contributed by atoms with Gasteiger partial charge >= 0.3 is 6.03 Å². The van der Waals surface area contributed by atoms with Crippen molar-refractivity contribution in [2.24, 2.45) is 0 Å². The minimum atomic E-state index is 0.0905. The molecule has 2 N–H and O–H groups in total. The average molecular weight is 359 g/mol. The molecule has 2 aliphatic rings. The van der Waals surface area contributed by atoms with Crippen LogP contribution in [0.25, 0.3) is 0 Å². The number of carbonyl (C=O) groups excluding carboxylic acids is 1. The third-order valence-electron chi connectivity index (χ3n) is 5.65. The smallest absolute Gasteiger partial charge is 0.317 e. The fraction of sp³-hybridized carbons (Fsp3) is 0.667. The van der Waals surface area contributed by atoms with E-state index in [2.05, 4.69) is 47.6 Å². The molecule has 2 fully saturated rings. The van der Waals surface area contributed by atoms with Crippen LogP contribution >= 0.6 is 0 Å². The van der Waals surface area contributed by atoms with Crippen LogP contribution in [-0.2, 0) is 0 Å². The molecule has 2 amide bonds. The average Bonchev–Trinajstić information content (AvgIpc) is 2.62. The van der Waals surface area contributed by atoms with Gasteiger partial charge in [0.2, 0.25) is 0 Å². The van der Waals surface area contributed by atoms with E-state index in [1.54, 1.807) is 0 Å². The monoisotopic (exact) mass is 358 g/mol. The normalized spacial score (nSPS) is 19.7. The number of amides is 2. The summed E-state index contributed by atoms with van der Waals surface area (Å²) < 4.78 is 0. The SMILES string of the molecule is CCNC(=O)N1CCC(NC2CCN(c3cc(C)cc(C)c3)CC2)CC1. The summed E-state index contributed by atoms with van der Waals surface area (Å²) in [7, 11) is 0. The summed E-state index contributed by atoms with van der Waals surface area (Å²) in [6, 6.07) is 8.10. The van der Waals surface area contributed by atoms with Crippen molar-refractivity contribution in [3.05, 3.63) is 29.3 Å². The van der Waals surface area contributed by atoms with Gasteiger partial charge in [-0.15, -0.1) is 0 Å². The second-order valence-corrected chi connectivity index (χ2v) is 7.87. The van der Waals surface area contributed by atoms with Crippen LogP contribution in [0.1, 0.15) is 43.7 Å². The number of hydrogen-bond acceptors (Lipinski definition) is 3. The summed E-state index contributed by atoms with van der Waals surface area (Å²) in [6.45, 7) is 11.0. The predicted octanol–water partition coefficient (Wildman–Crippen LogP) is 3.06. The van der Waals surface area contributed by atoms with Crippen LogP contribution in [-0.4, -0.2) is 55.7 Å². The van der Waals surface area contributed by atoms with Gasteiger partial charge < -0.3 is 20.4 Å². The van der Waals surface area contributed by atoms with Crippen molar-refractivity contribution in [1.29, 1.82) is 0 Å². The molecule has 5 nitrogen and oxygen atoms in total. The van der Waals surface area contributed by atoms with Gasteiger partial charge in [0.25, 0.3) is 0 Å². The quantitative estimate of drug-likeness (QED) is 0.870. The summed E-state index contributed by atoms with van der Waals surface area (Å²) in [4.78, 5) is 16.4. The van der Waals surface area contributed by atoms with Crippen LogP contribution in [0.5, 0.6) is 0 Å². The number of piperidine rings is 2. The maximum atomic E-state index is 11.9. The Balaban J connectivity index is 1.43. The van der Waals surface area contributed by atoms with E-state index in [4.69, 9.17) is 0 Å². The second-order valence-electron chi connectivity index (χ2n) is 7.87. The van der Waals surface area contributed by atoms with E-state index >= 15 is 0 Å². The first kappa shape index (κ1) is 19.0. The molecule has 1 aromatic carbocycles. The molecule has 0 atom stereocenters. The van der Waals surface area contributed by atoms with Gasteiger partial charge in [-0.1, -0.05) is 6.07 Å². The maximum Gasteiger partial charge on any atom is 0.317 e. The van der Waals surface area contributed by atoms with E-state index in [-0.39, 0.29) is 6.03 Å². The molecule has 0 aromatic heterocycles. The van der Waals surface area contributed by atoms with Gasteiger partial charge in [0.05, 0.1) is 0 Å². The Morgan fingerprint density at radius 2 is 1.50 bits per heavy atom. The van der Waals surface area contributed by atoms with Gasteiger partial charge in [-0.2, -0.15) is 0 Å². The highest BCUT2D eigenvalue weighted by Gasteiger charge is 2.26. The van der Waals surface area contributed by atoms with E-state index in [0.29, 0.717) is 18.6 Å². The molecule has 26 heavy (non-hydrogen) atoms. The fourth-order valence-corrected chi connectivity index (χ4v) is 4.28. The highest BCUT2D eigenvalue weighted by atomic mass is 16.2. The summed E-state index contributed by atoms with van der Waals surface area (Å²) >= 11 is 0. The van der Waals surface area contributed by atoms with Crippen LogP contribution in [0.15, 0.2) is 18.2 Å². The number of urea groups is 1. The molecule has 0 bridgehead atoms. The first-order valence-corrected chi connectivity index (χ1v) is 10.2. The van der Waals surface area contributed by atoms with Crippen LogP contribution in [0.4, 0.5) is 10.5 Å². The van der Waals surface area contributed by atoms with Gasteiger partial charge in [-0.05, 0) is 69.7 Å². The molecule has 2 saturated heterocycles. The van der Waals surface area contributed by atoms with Crippen molar-refractivity contribution >= 4 is 11.7 Å². The van der Waals surface area contributed by atoms with E-state index in [1.807, 2.05) is 11.8 Å². The maximum absolute atomic E-state index is 11.9. The molecule has 0 radical (unpaired) electrons. The van der Waals surface area contributed by atoms with E-state index in [9.17, 15) is 4.79 Å². The minimum Gasteiger partial charge on any atom is -0.371 e. The number of likely N-dealkylation sites (tertiary alicyclic amines) is 1. The number of benzene rings is 1. The van der Waals surface area contributed by atoms with Crippen molar-refractivity contribution in [1.82, 2.24) is 15.5 Å². The lowest BCUT2D eigenvalue weighted by atomic mass is 9.99. The van der Waals surface area contributed by atoms with Crippen LogP contribution in [0.2, 0.25) is 0 Å². The zero-order chi connectivity index (χ0) is 18.5. The van der Waals surface area contributed by atoms with Crippen LogP contribution in [0.3, 0.4) is 0 Å². The van der Waals surface area contributed by atoms with E-state index in [0.717, 1.165) is 39.0 Å². The molecule has 1 aromatic rings. The molecule has 144 valence electrons. The number of nitrogens with zero attached hydrogens (tertiary/aromatic N) is 2. The van der Waals surface area contributed by atoms with Gasteiger partial charge in [-0.25, -0.2) is 4.79 Å². The Morgan fingerprint density at radius 1 is 0.962 bits per heavy atom. The number of nitrogens with one attached hydrogen (secondary N) is 2. The topological polar surface area (TPSA) is 47.6 Å². The number of aryl methyl sites for hydroxylation is 2. The first-order chi connectivity index (χ1) is 12.5. The molecule has 0 unspecified atom stereocenters. The Labute approximate surface area is 158 Å². The zero-order valence-electron chi connectivity index (χ0n) is 16.6. The van der Waals surface area contributed by atoms with E-state index < -0.39 is 0 Å². The lowest BCUT2D eigenvalue weighted by Crippen LogP contribution is -2.52. The molecular weight excluding hydrogens is 324 g/mol. The van der Waals surface area contributed by atoms with Crippen molar-refractivity contribution in [3.63, 3.8) is 0 Å². The Kier molecular flexibility index (Phi) is 6.41. The number of carbonyl (C=O) groups is 1. The largest absolute Gasteiger partial charge is 0.371 e. The molecule has 2 heterocycles. The van der Waals surface area contributed by atoms with Crippen LogP contribution in [0, 0.1) is 13.8 Å². The highest BCUT2D eigenvalue weighted by molar-refractivity contribution is 5.74. The predicted molar refractivity (Wildman–Crippen MR) is 108 cm³/mol. The summed E-state index contributed by atoms with van der Waals surface area (Å²) in [6.07, 6.45) is 4.52. The third-order valence-corrected chi connectivity index (χ3v) is 5.65. The van der Waals surface area contributed by atoms with Gasteiger partial charge in [0.1, 0.15) is 0 Å². The number of anilines is 1. The Bertz CT molecular complexity index is 582. The molecule has 0 spiro atoms. The lowest BCUT2D eigenvalue weighted by Gasteiger charge is -2.38. The van der Waals surface area contributed by atoms with Crippen LogP contribution < -0.4 is 15.5 Å². The third kappa shape index (κ3) is 4.91. The molecule has 0 saturated carbocycles. The summed E-state index contributed by atoms with van der Waals surface area (Å²) in [5.41, 5.74) is 4.06. The first-order valence-electron chi connectivity index (χ1n) is 10.2. The standard InChI is InChI=1S/C21H34N4O/c1-4-22-21(26)25-11-7-19(8-12-25)23-18-5-9-24(10-6-18)20-14-16(2)13-17(3)15-20/h13-15,18-19,23H,4-12H2,1-3H3,(H,22,26). The molecule has 3 rings (SSSR count). The minimum absolute atomic E-state index is 0.0905. The zero-order valence-corrected chi connectivity index (χ0v) is 16.6. The molecule has 2 aliphatic heterocycles. The van der Waals surface area contributed by atoms with E-state index in [1.165, 1.54) is 29.7 Å². The summed E-state index contributed by atoms with van der Waals surface area (Å²) in [5, 5.41) is 6.76. The number of hydrogen-bond donors (Lipinski definition) is 2. The van der Waals surface area contributed by atoms with Gasteiger partial charge in [-0.3, -0.25) is 0 Å².